The van der Waals surface area contributed by atoms with Crippen LogP contribution in [0.4, 0.5) is 0 Å². The van der Waals surface area contributed by atoms with Crippen LogP contribution in [0.2, 0.25) is 0 Å². The highest BCUT2D eigenvalue weighted by atomic mass is 16.7. The summed E-state index contributed by atoms with van der Waals surface area (Å²) in [6.45, 7) is 3.21. The van der Waals surface area contributed by atoms with E-state index in [0.29, 0.717) is 5.92 Å². The van der Waals surface area contributed by atoms with E-state index in [0.717, 1.165) is 13.1 Å². The van der Waals surface area contributed by atoms with E-state index in [1.165, 1.54) is 0 Å². The Bertz CT molecular complexity index is 183. The number of rotatable bonds is 1. The molecule has 0 spiro atoms. The SMILES string of the molecule is CC(=O)C1NCC2ONCC21. The third-order valence-corrected chi connectivity index (χ3v) is 2.44. The first kappa shape index (κ1) is 7.21. The molecule has 0 aromatic carbocycles. The van der Waals surface area contributed by atoms with Crippen LogP contribution in [0.3, 0.4) is 0 Å². The predicted octanol–water partition coefficient (Wildman–Crippen LogP) is -0.933. The number of Topliss-reactive ketones (excluding diaryl/α,β-unsaturated/α-hetero) is 1. The van der Waals surface area contributed by atoms with E-state index in [4.69, 9.17) is 4.84 Å². The summed E-state index contributed by atoms with van der Waals surface area (Å²) in [7, 11) is 0. The molecule has 4 heteroatoms. The van der Waals surface area contributed by atoms with Crippen molar-refractivity contribution in [2.24, 2.45) is 5.92 Å². The van der Waals surface area contributed by atoms with Gasteiger partial charge in [0.2, 0.25) is 0 Å². The molecule has 2 aliphatic heterocycles. The molecule has 0 aromatic rings. The first-order valence-electron chi connectivity index (χ1n) is 3.91. The van der Waals surface area contributed by atoms with Crippen molar-refractivity contribution in [3.05, 3.63) is 0 Å². The highest BCUT2D eigenvalue weighted by Crippen LogP contribution is 2.22. The third-order valence-electron chi connectivity index (χ3n) is 2.44. The van der Waals surface area contributed by atoms with Gasteiger partial charge in [0.25, 0.3) is 0 Å². The zero-order chi connectivity index (χ0) is 7.84. The number of ketones is 1. The van der Waals surface area contributed by atoms with Gasteiger partial charge in [0.15, 0.2) is 0 Å². The third kappa shape index (κ3) is 1.07. The van der Waals surface area contributed by atoms with Crippen molar-refractivity contribution in [2.75, 3.05) is 13.1 Å². The molecule has 62 valence electrons. The van der Waals surface area contributed by atoms with Gasteiger partial charge in [0, 0.05) is 19.0 Å². The summed E-state index contributed by atoms with van der Waals surface area (Å²) in [5, 5.41) is 3.14. The maximum Gasteiger partial charge on any atom is 0.147 e. The van der Waals surface area contributed by atoms with E-state index in [1.54, 1.807) is 6.92 Å². The molecule has 2 heterocycles. The van der Waals surface area contributed by atoms with E-state index in [9.17, 15) is 4.79 Å². The van der Waals surface area contributed by atoms with Gasteiger partial charge in [-0.3, -0.25) is 9.63 Å². The van der Waals surface area contributed by atoms with E-state index in [2.05, 4.69) is 10.8 Å². The standard InChI is InChI=1S/C7H12N2O2/c1-4(10)7-5-2-9-11-6(5)3-8-7/h5-9H,2-3H2,1H3. The van der Waals surface area contributed by atoms with Gasteiger partial charge in [-0.2, -0.15) is 0 Å². The molecule has 2 rings (SSSR count). The molecule has 2 fully saturated rings. The number of fused-ring (bicyclic) bond motifs is 1. The van der Waals surface area contributed by atoms with E-state index in [-0.39, 0.29) is 17.9 Å². The maximum absolute atomic E-state index is 11.0. The van der Waals surface area contributed by atoms with Crippen LogP contribution < -0.4 is 10.8 Å². The Kier molecular flexibility index (Phi) is 1.67. The monoisotopic (exact) mass is 156 g/mol. The minimum absolute atomic E-state index is 0.00926. The second-order valence-corrected chi connectivity index (χ2v) is 3.17. The van der Waals surface area contributed by atoms with Gasteiger partial charge >= 0.3 is 0 Å². The highest BCUT2D eigenvalue weighted by molar-refractivity contribution is 5.82. The van der Waals surface area contributed by atoms with Crippen molar-refractivity contribution in [2.45, 2.75) is 19.1 Å². The summed E-state index contributed by atoms with van der Waals surface area (Å²) in [5.74, 6) is 0.553. The molecular weight excluding hydrogens is 144 g/mol. The van der Waals surface area contributed by atoms with Gasteiger partial charge in [-0.25, -0.2) is 5.48 Å². The second kappa shape index (κ2) is 2.55. The first-order valence-corrected chi connectivity index (χ1v) is 3.91. The van der Waals surface area contributed by atoms with Crippen LogP contribution in [-0.2, 0) is 9.63 Å². The van der Waals surface area contributed by atoms with Gasteiger partial charge in [0.1, 0.15) is 5.78 Å². The number of carbonyl (C=O) groups excluding carboxylic acids is 1. The minimum Gasteiger partial charge on any atom is -0.304 e. The minimum atomic E-state index is 0.00926. The summed E-state index contributed by atoms with van der Waals surface area (Å²) in [6, 6.07) is 0.00926. The van der Waals surface area contributed by atoms with Crippen LogP contribution in [-0.4, -0.2) is 31.0 Å². The maximum atomic E-state index is 11.0. The second-order valence-electron chi connectivity index (χ2n) is 3.17. The Labute approximate surface area is 65.2 Å². The fourth-order valence-corrected chi connectivity index (χ4v) is 1.84. The number of hydrogen-bond acceptors (Lipinski definition) is 4. The van der Waals surface area contributed by atoms with Crippen LogP contribution in [0.25, 0.3) is 0 Å². The van der Waals surface area contributed by atoms with Gasteiger partial charge < -0.3 is 5.32 Å². The van der Waals surface area contributed by atoms with E-state index >= 15 is 0 Å². The Balaban J connectivity index is 2.08. The number of nitrogens with one attached hydrogen (secondary N) is 2. The van der Waals surface area contributed by atoms with Crippen LogP contribution in [0, 0.1) is 5.92 Å². The molecule has 0 radical (unpaired) electrons. The Hall–Kier alpha value is -0.450. The van der Waals surface area contributed by atoms with Crippen LogP contribution >= 0.6 is 0 Å². The summed E-state index contributed by atoms with van der Waals surface area (Å²) in [6.07, 6.45) is 0.198. The van der Waals surface area contributed by atoms with Gasteiger partial charge in [-0.05, 0) is 6.92 Å². The zero-order valence-corrected chi connectivity index (χ0v) is 6.46. The fraction of sp³-hybridized carbons (Fsp3) is 0.857. The van der Waals surface area contributed by atoms with Crippen molar-refractivity contribution in [3.8, 4) is 0 Å². The average molecular weight is 156 g/mol. The lowest BCUT2D eigenvalue weighted by Gasteiger charge is -2.11. The molecule has 3 unspecified atom stereocenters. The molecule has 4 nitrogen and oxygen atoms in total. The smallest absolute Gasteiger partial charge is 0.147 e. The molecule has 11 heavy (non-hydrogen) atoms. The first-order chi connectivity index (χ1) is 5.29. The summed E-state index contributed by atoms with van der Waals surface area (Å²) in [5.41, 5.74) is 2.82. The van der Waals surface area contributed by atoms with E-state index in [1.807, 2.05) is 0 Å². The Morgan fingerprint density at radius 3 is 3.09 bits per heavy atom. The summed E-state index contributed by atoms with van der Waals surface area (Å²) < 4.78 is 0. The summed E-state index contributed by atoms with van der Waals surface area (Å²) in [4.78, 5) is 16.2. The van der Waals surface area contributed by atoms with E-state index < -0.39 is 0 Å². The van der Waals surface area contributed by atoms with Crippen molar-refractivity contribution in [1.82, 2.24) is 10.8 Å². The number of hydrogen-bond donors (Lipinski definition) is 2. The largest absolute Gasteiger partial charge is 0.304 e. The topological polar surface area (TPSA) is 50.4 Å². The molecule has 2 N–H and O–H groups in total. The van der Waals surface area contributed by atoms with Crippen molar-refractivity contribution < 1.29 is 9.63 Å². The van der Waals surface area contributed by atoms with Crippen molar-refractivity contribution in [3.63, 3.8) is 0 Å². The predicted molar refractivity (Wildman–Crippen MR) is 38.8 cm³/mol. The Morgan fingerprint density at radius 2 is 2.36 bits per heavy atom. The lowest BCUT2D eigenvalue weighted by molar-refractivity contribution is -0.119. The molecular formula is C7H12N2O2. The van der Waals surface area contributed by atoms with Gasteiger partial charge in [-0.15, -0.1) is 0 Å². The van der Waals surface area contributed by atoms with Crippen LogP contribution in [0.15, 0.2) is 0 Å². The molecule has 0 aromatic heterocycles. The highest BCUT2D eigenvalue weighted by Gasteiger charge is 2.42. The lowest BCUT2D eigenvalue weighted by atomic mass is 9.97. The number of hydroxylamine groups is 1. The average Bonchev–Trinajstić information content (AvgIpc) is 2.41. The molecule has 2 saturated heterocycles. The molecule has 0 saturated carbocycles. The normalized spacial score (nSPS) is 42.5. The fourth-order valence-electron chi connectivity index (χ4n) is 1.84. The molecule has 0 aliphatic carbocycles. The van der Waals surface area contributed by atoms with Crippen LogP contribution in [0.1, 0.15) is 6.92 Å². The molecule has 3 atom stereocenters. The molecule has 2 aliphatic rings. The molecule has 0 amide bonds. The van der Waals surface area contributed by atoms with Crippen molar-refractivity contribution in [1.29, 1.82) is 0 Å². The summed E-state index contributed by atoms with van der Waals surface area (Å²) >= 11 is 0. The zero-order valence-electron chi connectivity index (χ0n) is 6.46. The molecule has 0 bridgehead atoms. The number of carbonyl (C=O) groups is 1. The lowest BCUT2D eigenvalue weighted by Crippen LogP contribution is -2.36. The van der Waals surface area contributed by atoms with Crippen LogP contribution in [0.5, 0.6) is 0 Å². The quantitative estimate of drug-likeness (QED) is 0.515. The van der Waals surface area contributed by atoms with Gasteiger partial charge in [-0.1, -0.05) is 0 Å². The Morgan fingerprint density at radius 1 is 1.55 bits per heavy atom. The van der Waals surface area contributed by atoms with Gasteiger partial charge in [0.05, 0.1) is 12.1 Å². The van der Waals surface area contributed by atoms with Crippen molar-refractivity contribution >= 4 is 5.78 Å².